The molecule has 0 saturated heterocycles. The molecule has 1 aromatic carbocycles. The van der Waals surface area contributed by atoms with E-state index in [1.807, 2.05) is 18.6 Å². The zero-order valence-corrected chi connectivity index (χ0v) is 7.89. The van der Waals surface area contributed by atoms with E-state index in [9.17, 15) is 0 Å². The first-order valence-electron chi connectivity index (χ1n) is 4.64. The standard InChI is InChI=1S/C11H11N3/c1-7-6-14-9-5-11-10(4-8(7)9)12-2-3-13-11/h2-6,12-14H,1H3. The number of anilines is 2. The van der Waals surface area contributed by atoms with E-state index in [1.54, 1.807) is 0 Å². The number of fused-ring (bicyclic) bond motifs is 2. The molecule has 0 fully saturated rings. The van der Waals surface area contributed by atoms with Gasteiger partial charge in [0, 0.05) is 29.5 Å². The van der Waals surface area contributed by atoms with Crippen LogP contribution in [0, 0.1) is 6.92 Å². The van der Waals surface area contributed by atoms with Crippen molar-refractivity contribution < 1.29 is 0 Å². The van der Waals surface area contributed by atoms with Crippen molar-refractivity contribution in [2.75, 3.05) is 10.6 Å². The smallest absolute Gasteiger partial charge is 0.0640 e. The van der Waals surface area contributed by atoms with E-state index in [0.29, 0.717) is 0 Å². The van der Waals surface area contributed by atoms with Gasteiger partial charge in [-0.2, -0.15) is 0 Å². The molecule has 1 aliphatic rings. The van der Waals surface area contributed by atoms with Crippen molar-refractivity contribution in [3.05, 3.63) is 36.3 Å². The lowest BCUT2D eigenvalue weighted by molar-refractivity contribution is 1.42. The predicted molar refractivity (Wildman–Crippen MR) is 59.4 cm³/mol. The molecule has 70 valence electrons. The van der Waals surface area contributed by atoms with Crippen LogP contribution in [0.1, 0.15) is 5.56 Å². The Balaban J connectivity index is 2.32. The summed E-state index contributed by atoms with van der Waals surface area (Å²) in [5, 5.41) is 7.69. The van der Waals surface area contributed by atoms with Crippen LogP contribution >= 0.6 is 0 Å². The van der Waals surface area contributed by atoms with Gasteiger partial charge >= 0.3 is 0 Å². The molecule has 3 rings (SSSR count). The number of H-pyrrole nitrogens is 1. The van der Waals surface area contributed by atoms with Gasteiger partial charge in [-0.15, -0.1) is 0 Å². The molecule has 14 heavy (non-hydrogen) atoms. The van der Waals surface area contributed by atoms with Crippen LogP contribution < -0.4 is 10.6 Å². The molecule has 1 aromatic heterocycles. The predicted octanol–water partition coefficient (Wildman–Crippen LogP) is 2.78. The molecule has 3 nitrogen and oxygen atoms in total. The third-order valence-electron chi connectivity index (χ3n) is 2.59. The minimum atomic E-state index is 1.11. The van der Waals surface area contributed by atoms with Crippen LogP contribution in [-0.2, 0) is 0 Å². The summed E-state index contributed by atoms with van der Waals surface area (Å²) in [6.45, 7) is 2.11. The van der Waals surface area contributed by atoms with Gasteiger partial charge in [-0.3, -0.25) is 0 Å². The van der Waals surface area contributed by atoms with E-state index < -0.39 is 0 Å². The van der Waals surface area contributed by atoms with E-state index >= 15 is 0 Å². The highest BCUT2D eigenvalue weighted by Crippen LogP contribution is 2.31. The number of rotatable bonds is 0. The molecule has 0 bridgehead atoms. The number of aromatic amines is 1. The molecular weight excluding hydrogens is 174 g/mol. The lowest BCUT2D eigenvalue weighted by Crippen LogP contribution is -2.01. The summed E-state index contributed by atoms with van der Waals surface area (Å²) < 4.78 is 0. The first-order chi connectivity index (χ1) is 6.84. The van der Waals surface area contributed by atoms with Crippen molar-refractivity contribution >= 4 is 22.3 Å². The summed E-state index contributed by atoms with van der Waals surface area (Å²) >= 11 is 0. The Hall–Kier alpha value is -1.90. The van der Waals surface area contributed by atoms with E-state index in [2.05, 4.69) is 34.7 Å². The average Bonchev–Trinajstić information content (AvgIpc) is 2.57. The highest BCUT2D eigenvalue weighted by molar-refractivity contribution is 5.93. The Bertz CT molecular complexity index is 523. The van der Waals surface area contributed by atoms with Gasteiger partial charge in [0.25, 0.3) is 0 Å². The Kier molecular flexibility index (Phi) is 1.36. The zero-order valence-electron chi connectivity index (χ0n) is 7.89. The van der Waals surface area contributed by atoms with Gasteiger partial charge in [-0.1, -0.05) is 0 Å². The van der Waals surface area contributed by atoms with Gasteiger partial charge in [-0.05, 0) is 24.6 Å². The second kappa shape index (κ2) is 2.54. The summed E-state index contributed by atoms with van der Waals surface area (Å²) in [5.74, 6) is 0. The summed E-state index contributed by atoms with van der Waals surface area (Å²) in [7, 11) is 0. The largest absolute Gasteiger partial charge is 0.361 e. The third kappa shape index (κ3) is 0.923. The lowest BCUT2D eigenvalue weighted by atomic mass is 10.1. The van der Waals surface area contributed by atoms with Crippen molar-refractivity contribution in [2.45, 2.75) is 6.92 Å². The fourth-order valence-corrected chi connectivity index (χ4v) is 1.81. The summed E-state index contributed by atoms with van der Waals surface area (Å²) in [6, 6.07) is 4.28. The molecule has 0 radical (unpaired) electrons. The number of aromatic nitrogens is 1. The normalized spacial score (nSPS) is 13.5. The minimum absolute atomic E-state index is 1.11. The fraction of sp³-hybridized carbons (Fsp3) is 0.0909. The van der Waals surface area contributed by atoms with Gasteiger partial charge in [-0.25, -0.2) is 0 Å². The average molecular weight is 185 g/mol. The van der Waals surface area contributed by atoms with E-state index in [-0.39, 0.29) is 0 Å². The first-order valence-corrected chi connectivity index (χ1v) is 4.64. The highest BCUT2D eigenvalue weighted by Gasteiger charge is 2.07. The van der Waals surface area contributed by atoms with Gasteiger partial charge in [0.15, 0.2) is 0 Å². The SMILES string of the molecule is Cc1c[nH]c2cc3c(cc12)NC=CN3. The van der Waals surface area contributed by atoms with Crippen molar-refractivity contribution in [1.29, 1.82) is 0 Å². The Morgan fingerprint density at radius 2 is 1.71 bits per heavy atom. The summed E-state index contributed by atoms with van der Waals surface area (Å²) in [4.78, 5) is 3.25. The molecule has 0 unspecified atom stereocenters. The van der Waals surface area contributed by atoms with Gasteiger partial charge in [0.05, 0.1) is 11.4 Å². The van der Waals surface area contributed by atoms with Crippen molar-refractivity contribution in [1.82, 2.24) is 4.98 Å². The number of benzene rings is 1. The molecular formula is C11H11N3. The maximum Gasteiger partial charge on any atom is 0.0640 e. The Labute approximate surface area is 81.8 Å². The number of nitrogens with one attached hydrogen (secondary N) is 3. The van der Waals surface area contributed by atoms with Crippen LogP contribution in [0.25, 0.3) is 10.9 Å². The fourth-order valence-electron chi connectivity index (χ4n) is 1.81. The number of hydrogen-bond donors (Lipinski definition) is 3. The molecule has 3 N–H and O–H groups in total. The van der Waals surface area contributed by atoms with Gasteiger partial charge in [0.2, 0.25) is 0 Å². The van der Waals surface area contributed by atoms with Crippen LogP contribution in [-0.4, -0.2) is 4.98 Å². The second-order valence-electron chi connectivity index (χ2n) is 3.54. The minimum Gasteiger partial charge on any atom is -0.361 e. The number of aryl methyl sites for hydroxylation is 1. The van der Waals surface area contributed by atoms with Crippen molar-refractivity contribution in [2.24, 2.45) is 0 Å². The van der Waals surface area contributed by atoms with Crippen LogP contribution in [0.5, 0.6) is 0 Å². The van der Waals surface area contributed by atoms with Gasteiger partial charge in [0.1, 0.15) is 0 Å². The molecule has 0 saturated carbocycles. The molecule has 0 amide bonds. The highest BCUT2D eigenvalue weighted by atomic mass is 15.0. The maximum absolute atomic E-state index is 3.25. The third-order valence-corrected chi connectivity index (χ3v) is 2.59. The van der Waals surface area contributed by atoms with Crippen LogP contribution in [0.15, 0.2) is 30.7 Å². The first kappa shape index (κ1) is 7.50. The molecule has 1 aliphatic heterocycles. The van der Waals surface area contributed by atoms with Crippen LogP contribution in [0.4, 0.5) is 11.4 Å². The molecule has 2 heterocycles. The van der Waals surface area contributed by atoms with Crippen LogP contribution in [0.3, 0.4) is 0 Å². The van der Waals surface area contributed by atoms with E-state index in [4.69, 9.17) is 0 Å². The Morgan fingerprint density at radius 3 is 2.50 bits per heavy atom. The van der Waals surface area contributed by atoms with Crippen molar-refractivity contribution in [3.63, 3.8) is 0 Å². The molecule has 0 atom stereocenters. The van der Waals surface area contributed by atoms with Gasteiger partial charge < -0.3 is 15.6 Å². The lowest BCUT2D eigenvalue weighted by Gasteiger charge is -2.14. The Morgan fingerprint density at radius 1 is 1.00 bits per heavy atom. The second-order valence-corrected chi connectivity index (χ2v) is 3.54. The quantitative estimate of drug-likeness (QED) is 0.590. The molecule has 0 aliphatic carbocycles. The monoisotopic (exact) mass is 185 g/mol. The summed E-state index contributed by atoms with van der Waals surface area (Å²) in [5.41, 5.74) is 4.69. The summed E-state index contributed by atoms with van der Waals surface area (Å²) in [6.07, 6.45) is 5.82. The van der Waals surface area contributed by atoms with E-state index in [0.717, 1.165) is 11.4 Å². The maximum atomic E-state index is 3.25. The van der Waals surface area contributed by atoms with E-state index in [1.165, 1.54) is 16.5 Å². The molecule has 3 heteroatoms. The van der Waals surface area contributed by atoms with Crippen LogP contribution in [0.2, 0.25) is 0 Å². The topological polar surface area (TPSA) is 39.9 Å². The zero-order chi connectivity index (χ0) is 9.54. The molecule has 0 spiro atoms. The van der Waals surface area contributed by atoms with Crippen molar-refractivity contribution in [3.8, 4) is 0 Å². The molecule has 2 aromatic rings. The number of hydrogen-bond acceptors (Lipinski definition) is 2.